The summed E-state index contributed by atoms with van der Waals surface area (Å²) in [6, 6.07) is 6.19. The van der Waals surface area contributed by atoms with E-state index >= 15 is 0 Å². The van der Waals surface area contributed by atoms with Gasteiger partial charge in [-0.1, -0.05) is 6.07 Å². The van der Waals surface area contributed by atoms with Crippen LogP contribution in [0.1, 0.15) is 24.6 Å². The zero-order chi connectivity index (χ0) is 13.1. The van der Waals surface area contributed by atoms with Gasteiger partial charge in [-0.2, -0.15) is 0 Å². The molecule has 3 rings (SSSR count). The molecule has 2 fully saturated rings. The number of piperidine rings is 1. The summed E-state index contributed by atoms with van der Waals surface area (Å²) in [7, 11) is 0. The van der Waals surface area contributed by atoms with Crippen LogP contribution in [0.25, 0.3) is 0 Å². The summed E-state index contributed by atoms with van der Waals surface area (Å²) < 4.78 is 11.5. The summed E-state index contributed by atoms with van der Waals surface area (Å²) in [5, 5.41) is 0. The lowest BCUT2D eigenvalue weighted by Crippen LogP contribution is -2.47. The summed E-state index contributed by atoms with van der Waals surface area (Å²) in [6.07, 6.45) is 3.65. The van der Waals surface area contributed by atoms with Crippen molar-refractivity contribution in [1.82, 2.24) is 9.88 Å². The highest BCUT2D eigenvalue weighted by Gasteiger charge is 2.41. The van der Waals surface area contributed by atoms with Crippen molar-refractivity contribution in [3.63, 3.8) is 0 Å². The van der Waals surface area contributed by atoms with E-state index in [2.05, 4.69) is 9.88 Å². The van der Waals surface area contributed by atoms with Gasteiger partial charge in [-0.15, -0.1) is 0 Å². The molecule has 5 heteroatoms. The van der Waals surface area contributed by atoms with Crippen LogP contribution in [-0.4, -0.2) is 48.5 Å². The van der Waals surface area contributed by atoms with Crippen LogP contribution in [0.3, 0.4) is 0 Å². The predicted molar refractivity (Wildman–Crippen MR) is 71.5 cm³/mol. The third-order valence-corrected chi connectivity index (χ3v) is 4.07. The van der Waals surface area contributed by atoms with Crippen molar-refractivity contribution in [1.29, 1.82) is 0 Å². The lowest BCUT2D eigenvalue weighted by atomic mass is 10.0. The average Bonchev–Trinajstić information content (AvgIpc) is 2.92. The largest absolute Gasteiger partial charge is 0.347 e. The molecular formula is C14H21N3O2. The molecule has 2 aliphatic heterocycles. The standard InChI is InChI=1S/C14H21N3O2/c15-11-13(12-3-1-2-6-16-12)17-7-4-14(5-8-17)18-9-10-19-14/h1-3,6,13H,4-5,7-11,15H2. The van der Waals surface area contributed by atoms with Gasteiger partial charge in [0.1, 0.15) is 0 Å². The normalized spacial score (nSPS) is 24.7. The van der Waals surface area contributed by atoms with Crippen LogP contribution in [0.5, 0.6) is 0 Å². The second-order valence-electron chi connectivity index (χ2n) is 5.15. The zero-order valence-electron chi connectivity index (χ0n) is 11.1. The fourth-order valence-electron chi connectivity index (χ4n) is 2.99. The number of rotatable bonds is 3. The second kappa shape index (κ2) is 5.54. The Morgan fingerprint density at radius 1 is 1.26 bits per heavy atom. The minimum atomic E-state index is -0.320. The number of ether oxygens (including phenoxy) is 2. The summed E-state index contributed by atoms with van der Waals surface area (Å²) in [6.45, 7) is 3.92. The first kappa shape index (κ1) is 13.0. The molecule has 0 radical (unpaired) electrons. The molecule has 1 aromatic heterocycles. The Labute approximate surface area is 113 Å². The maximum Gasteiger partial charge on any atom is 0.170 e. The van der Waals surface area contributed by atoms with E-state index in [-0.39, 0.29) is 11.8 Å². The SMILES string of the molecule is NCC(c1ccccn1)N1CCC2(CC1)OCCO2. The number of likely N-dealkylation sites (tertiary alicyclic amines) is 1. The van der Waals surface area contributed by atoms with E-state index in [9.17, 15) is 0 Å². The Morgan fingerprint density at radius 3 is 2.58 bits per heavy atom. The fourth-order valence-corrected chi connectivity index (χ4v) is 2.99. The number of pyridine rings is 1. The first-order valence-corrected chi connectivity index (χ1v) is 6.96. The van der Waals surface area contributed by atoms with E-state index < -0.39 is 0 Å². The fraction of sp³-hybridized carbons (Fsp3) is 0.643. The van der Waals surface area contributed by atoms with E-state index in [0.717, 1.165) is 44.8 Å². The van der Waals surface area contributed by atoms with Gasteiger partial charge < -0.3 is 15.2 Å². The summed E-state index contributed by atoms with van der Waals surface area (Å²) in [5.41, 5.74) is 6.99. The molecule has 0 aromatic carbocycles. The second-order valence-corrected chi connectivity index (χ2v) is 5.15. The van der Waals surface area contributed by atoms with Crippen LogP contribution in [0.2, 0.25) is 0 Å². The third-order valence-electron chi connectivity index (χ3n) is 4.07. The first-order chi connectivity index (χ1) is 9.33. The molecule has 0 bridgehead atoms. The van der Waals surface area contributed by atoms with Crippen molar-refractivity contribution >= 4 is 0 Å². The molecular weight excluding hydrogens is 242 g/mol. The van der Waals surface area contributed by atoms with Crippen LogP contribution in [-0.2, 0) is 9.47 Å². The van der Waals surface area contributed by atoms with Gasteiger partial charge in [-0.05, 0) is 12.1 Å². The van der Waals surface area contributed by atoms with Crippen LogP contribution in [0.15, 0.2) is 24.4 Å². The first-order valence-electron chi connectivity index (χ1n) is 6.96. The minimum absolute atomic E-state index is 0.194. The Hall–Kier alpha value is -1.01. The lowest BCUT2D eigenvalue weighted by Gasteiger charge is -2.40. The smallest absolute Gasteiger partial charge is 0.170 e. The molecule has 1 atom stereocenters. The number of aromatic nitrogens is 1. The molecule has 1 aromatic rings. The topological polar surface area (TPSA) is 60.6 Å². The van der Waals surface area contributed by atoms with Gasteiger partial charge >= 0.3 is 0 Å². The number of nitrogens with zero attached hydrogens (tertiary/aromatic N) is 2. The van der Waals surface area contributed by atoms with Crippen molar-refractivity contribution in [3.8, 4) is 0 Å². The van der Waals surface area contributed by atoms with E-state index in [1.807, 2.05) is 24.4 Å². The Bertz CT molecular complexity index is 396. The minimum Gasteiger partial charge on any atom is -0.347 e. The van der Waals surface area contributed by atoms with E-state index in [1.165, 1.54) is 0 Å². The van der Waals surface area contributed by atoms with Gasteiger partial charge in [0.2, 0.25) is 0 Å². The molecule has 0 amide bonds. The van der Waals surface area contributed by atoms with Crippen LogP contribution in [0.4, 0.5) is 0 Å². The molecule has 1 spiro atoms. The molecule has 2 saturated heterocycles. The van der Waals surface area contributed by atoms with Crippen LogP contribution in [0, 0.1) is 0 Å². The van der Waals surface area contributed by atoms with Gasteiger partial charge in [0.05, 0.1) is 24.9 Å². The summed E-state index contributed by atoms with van der Waals surface area (Å²) >= 11 is 0. The maximum absolute atomic E-state index is 5.94. The quantitative estimate of drug-likeness (QED) is 0.878. The molecule has 1 unspecified atom stereocenters. The van der Waals surface area contributed by atoms with Gasteiger partial charge in [0.15, 0.2) is 5.79 Å². The van der Waals surface area contributed by atoms with Gasteiger partial charge in [0.25, 0.3) is 0 Å². The maximum atomic E-state index is 5.94. The highest BCUT2D eigenvalue weighted by Crippen LogP contribution is 2.33. The molecule has 19 heavy (non-hydrogen) atoms. The highest BCUT2D eigenvalue weighted by atomic mass is 16.7. The average molecular weight is 263 g/mol. The molecule has 0 aliphatic carbocycles. The van der Waals surface area contributed by atoms with Gasteiger partial charge in [-0.25, -0.2) is 0 Å². The molecule has 5 nitrogen and oxygen atoms in total. The molecule has 0 saturated carbocycles. The van der Waals surface area contributed by atoms with E-state index in [0.29, 0.717) is 6.54 Å². The van der Waals surface area contributed by atoms with Gasteiger partial charge in [0, 0.05) is 38.7 Å². The number of nitrogens with two attached hydrogens (primary N) is 1. The highest BCUT2D eigenvalue weighted by molar-refractivity contribution is 5.10. The Balaban J connectivity index is 1.66. The van der Waals surface area contributed by atoms with E-state index in [4.69, 9.17) is 15.2 Å². The number of hydrogen-bond donors (Lipinski definition) is 1. The Kier molecular flexibility index (Phi) is 3.79. The molecule has 2 aliphatic rings. The molecule has 104 valence electrons. The molecule has 2 N–H and O–H groups in total. The molecule has 3 heterocycles. The van der Waals surface area contributed by atoms with Crippen LogP contribution >= 0.6 is 0 Å². The summed E-state index contributed by atoms with van der Waals surface area (Å²) in [5.74, 6) is -0.320. The summed E-state index contributed by atoms with van der Waals surface area (Å²) in [4.78, 5) is 6.82. The number of hydrogen-bond acceptors (Lipinski definition) is 5. The Morgan fingerprint density at radius 2 is 2.00 bits per heavy atom. The monoisotopic (exact) mass is 263 g/mol. The van der Waals surface area contributed by atoms with Crippen molar-refractivity contribution in [2.24, 2.45) is 5.73 Å². The van der Waals surface area contributed by atoms with Crippen molar-refractivity contribution in [2.75, 3.05) is 32.8 Å². The third kappa shape index (κ3) is 2.65. The van der Waals surface area contributed by atoms with Crippen molar-refractivity contribution in [3.05, 3.63) is 30.1 Å². The predicted octanol–water partition coefficient (Wildman–Crippen LogP) is 0.920. The van der Waals surface area contributed by atoms with Crippen molar-refractivity contribution < 1.29 is 9.47 Å². The van der Waals surface area contributed by atoms with E-state index in [1.54, 1.807) is 0 Å². The lowest BCUT2D eigenvalue weighted by molar-refractivity contribution is -0.188. The van der Waals surface area contributed by atoms with Crippen LogP contribution < -0.4 is 5.73 Å². The van der Waals surface area contributed by atoms with Gasteiger partial charge in [-0.3, -0.25) is 9.88 Å². The zero-order valence-corrected chi connectivity index (χ0v) is 11.1. The van der Waals surface area contributed by atoms with Crippen molar-refractivity contribution in [2.45, 2.75) is 24.7 Å².